The first kappa shape index (κ1) is 22.8. The molecule has 1 aliphatic heterocycles. The van der Waals surface area contributed by atoms with Crippen LogP contribution in [0.3, 0.4) is 0 Å². The zero-order chi connectivity index (χ0) is 23.9. The standard InChI is InChI=1S/C24H23NO7S/c1-11-21(28)19-14(8-25-11)9-32-24(19)17-6-15(12(2)26)22(29)20(23(17)30)16(7-18(27)31-3)13-4-5-33-10-13/h4-6,8,10,16,24,28-30H,7,9H2,1-3H3/t16-,24-/m0/s1. The van der Waals surface area contributed by atoms with Crippen LogP contribution in [0.4, 0.5) is 0 Å². The third-order valence-electron chi connectivity index (χ3n) is 5.92. The van der Waals surface area contributed by atoms with E-state index in [4.69, 9.17) is 9.47 Å². The Kier molecular flexibility index (Phi) is 6.09. The van der Waals surface area contributed by atoms with Crippen molar-refractivity contribution in [3.05, 3.63) is 68.2 Å². The van der Waals surface area contributed by atoms with Crippen LogP contribution in [0.15, 0.2) is 29.1 Å². The van der Waals surface area contributed by atoms with Gasteiger partial charge in [-0.25, -0.2) is 0 Å². The third-order valence-corrected chi connectivity index (χ3v) is 6.62. The van der Waals surface area contributed by atoms with E-state index in [2.05, 4.69) is 4.98 Å². The number of methoxy groups -OCH3 is 1. The van der Waals surface area contributed by atoms with E-state index >= 15 is 0 Å². The first-order chi connectivity index (χ1) is 15.7. The number of esters is 1. The van der Waals surface area contributed by atoms with Crippen molar-refractivity contribution in [2.45, 2.75) is 38.9 Å². The Morgan fingerprint density at radius 2 is 2.03 bits per heavy atom. The van der Waals surface area contributed by atoms with Crippen LogP contribution in [0.5, 0.6) is 17.2 Å². The summed E-state index contributed by atoms with van der Waals surface area (Å²) in [4.78, 5) is 28.8. The molecule has 0 spiro atoms. The molecule has 2 aromatic heterocycles. The molecule has 33 heavy (non-hydrogen) atoms. The summed E-state index contributed by atoms with van der Waals surface area (Å²) < 4.78 is 10.7. The quantitative estimate of drug-likeness (QED) is 0.364. The largest absolute Gasteiger partial charge is 0.507 e. The zero-order valence-corrected chi connectivity index (χ0v) is 19.1. The van der Waals surface area contributed by atoms with E-state index in [1.165, 1.54) is 31.4 Å². The number of phenols is 2. The number of benzene rings is 1. The number of aryl methyl sites for hydroxylation is 1. The molecule has 172 valence electrons. The number of nitrogens with zero attached hydrogens (tertiary/aromatic N) is 1. The van der Waals surface area contributed by atoms with Crippen molar-refractivity contribution >= 4 is 23.1 Å². The molecule has 9 heteroatoms. The van der Waals surface area contributed by atoms with Crippen molar-refractivity contribution < 1.29 is 34.4 Å². The van der Waals surface area contributed by atoms with Gasteiger partial charge in [-0.15, -0.1) is 0 Å². The van der Waals surface area contributed by atoms with Gasteiger partial charge in [0, 0.05) is 34.4 Å². The van der Waals surface area contributed by atoms with Gasteiger partial charge in [0.2, 0.25) is 0 Å². The molecule has 0 fully saturated rings. The van der Waals surface area contributed by atoms with Crippen LogP contribution in [-0.2, 0) is 20.9 Å². The number of thiophene rings is 1. The normalized spacial score (nSPS) is 15.8. The molecule has 3 N–H and O–H groups in total. The Balaban J connectivity index is 1.96. The second kappa shape index (κ2) is 8.84. The minimum Gasteiger partial charge on any atom is -0.507 e. The maximum atomic E-state index is 12.4. The number of aromatic hydroxyl groups is 3. The van der Waals surface area contributed by atoms with Gasteiger partial charge in [-0.05, 0) is 42.3 Å². The molecule has 0 unspecified atom stereocenters. The van der Waals surface area contributed by atoms with Crippen molar-refractivity contribution in [2.75, 3.05) is 7.11 Å². The van der Waals surface area contributed by atoms with E-state index in [0.717, 1.165) is 0 Å². The number of carbonyl (C=O) groups excluding carboxylic acids is 2. The Bertz CT molecular complexity index is 1240. The number of ether oxygens (including phenoxy) is 2. The molecular formula is C24H23NO7S. The number of ketones is 1. The number of hydrogen-bond acceptors (Lipinski definition) is 9. The lowest BCUT2D eigenvalue weighted by Gasteiger charge is -2.24. The van der Waals surface area contributed by atoms with Gasteiger partial charge >= 0.3 is 5.97 Å². The molecule has 0 amide bonds. The second-order valence-electron chi connectivity index (χ2n) is 7.89. The van der Waals surface area contributed by atoms with E-state index in [-0.39, 0.29) is 41.2 Å². The predicted octanol–water partition coefficient (Wildman–Crippen LogP) is 4.09. The highest BCUT2D eigenvalue weighted by Gasteiger charge is 2.36. The zero-order valence-electron chi connectivity index (χ0n) is 18.3. The lowest BCUT2D eigenvalue weighted by Crippen LogP contribution is -2.13. The smallest absolute Gasteiger partial charge is 0.306 e. The number of Topliss-reactive ketones (excluding diaryl/α,β-unsaturated/α-hetero) is 1. The number of hydrogen-bond donors (Lipinski definition) is 3. The Labute approximate surface area is 194 Å². The average Bonchev–Trinajstić information content (AvgIpc) is 3.46. The molecule has 8 nitrogen and oxygen atoms in total. The van der Waals surface area contributed by atoms with Gasteiger partial charge in [0.05, 0.1) is 31.4 Å². The van der Waals surface area contributed by atoms with Crippen LogP contribution in [0.25, 0.3) is 0 Å². The lowest BCUT2D eigenvalue weighted by atomic mass is 9.84. The van der Waals surface area contributed by atoms with Crippen LogP contribution in [-0.4, -0.2) is 39.2 Å². The lowest BCUT2D eigenvalue weighted by molar-refractivity contribution is -0.140. The van der Waals surface area contributed by atoms with Crippen molar-refractivity contribution in [3.63, 3.8) is 0 Å². The van der Waals surface area contributed by atoms with Gasteiger partial charge in [-0.3, -0.25) is 14.6 Å². The van der Waals surface area contributed by atoms with Crippen LogP contribution in [0, 0.1) is 6.92 Å². The number of fused-ring (bicyclic) bond motifs is 1. The van der Waals surface area contributed by atoms with Crippen molar-refractivity contribution in [3.8, 4) is 17.2 Å². The molecule has 0 saturated carbocycles. The summed E-state index contributed by atoms with van der Waals surface area (Å²) in [6.07, 6.45) is 0.548. The molecular weight excluding hydrogens is 446 g/mol. The van der Waals surface area contributed by atoms with Crippen LogP contribution >= 0.6 is 11.3 Å². The molecule has 0 saturated heterocycles. The first-order valence-electron chi connectivity index (χ1n) is 10.2. The van der Waals surface area contributed by atoms with E-state index in [9.17, 15) is 24.9 Å². The summed E-state index contributed by atoms with van der Waals surface area (Å²) in [5, 5.41) is 36.7. The highest BCUT2D eigenvalue weighted by Crippen LogP contribution is 2.50. The van der Waals surface area contributed by atoms with Crippen LogP contribution < -0.4 is 0 Å². The topological polar surface area (TPSA) is 126 Å². The molecule has 3 heterocycles. The van der Waals surface area contributed by atoms with E-state index < -0.39 is 29.5 Å². The van der Waals surface area contributed by atoms with Crippen molar-refractivity contribution in [1.29, 1.82) is 0 Å². The number of phenolic OH excluding ortho intramolecular Hbond substituents is 2. The summed E-state index contributed by atoms with van der Waals surface area (Å²) in [7, 11) is 1.26. The van der Waals surface area contributed by atoms with Gasteiger partial charge in [0.15, 0.2) is 5.78 Å². The maximum absolute atomic E-state index is 12.4. The van der Waals surface area contributed by atoms with Gasteiger partial charge in [-0.2, -0.15) is 11.3 Å². The van der Waals surface area contributed by atoms with E-state index in [0.29, 0.717) is 22.4 Å². The minimum absolute atomic E-state index is 0.0230. The number of pyridine rings is 1. The fraction of sp³-hybridized carbons (Fsp3) is 0.292. The molecule has 1 aromatic carbocycles. The number of rotatable bonds is 6. The van der Waals surface area contributed by atoms with Gasteiger partial charge in [-0.1, -0.05) is 0 Å². The summed E-state index contributed by atoms with van der Waals surface area (Å²) in [5.41, 5.74) is 2.40. The highest BCUT2D eigenvalue weighted by atomic mass is 32.1. The molecule has 2 atom stereocenters. The SMILES string of the molecule is COC(=O)C[C@@H](c1ccsc1)c1c(O)c(C(C)=O)cc([C@@H]2OCc3cnc(C)c(O)c32)c1O. The summed E-state index contributed by atoms with van der Waals surface area (Å²) in [6, 6.07) is 3.15. The number of aromatic nitrogens is 1. The second-order valence-corrected chi connectivity index (χ2v) is 8.67. The van der Waals surface area contributed by atoms with Crippen molar-refractivity contribution in [1.82, 2.24) is 4.98 Å². The van der Waals surface area contributed by atoms with E-state index in [1.54, 1.807) is 24.6 Å². The van der Waals surface area contributed by atoms with E-state index in [1.807, 2.05) is 5.38 Å². The molecule has 0 aliphatic carbocycles. The Hall–Kier alpha value is -3.43. The molecule has 4 rings (SSSR count). The third kappa shape index (κ3) is 3.94. The van der Waals surface area contributed by atoms with Gasteiger partial charge in [0.25, 0.3) is 0 Å². The predicted molar refractivity (Wildman–Crippen MR) is 120 cm³/mol. The maximum Gasteiger partial charge on any atom is 0.306 e. The number of carbonyl (C=O) groups is 2. The highest BCUT2D eigenvalue weighted by molar-refractivity contribution is 7.08. The molecule has 0 radical (unpaired) electrons. The Morgan fingerprint density at radius 3 is 2.67 bits per heavy atom. The average molecular weight is 470 g/mol. The Morgan fingerprint density at radius 1 is 1.27 bits per heavy atom. The fourth-order valence-electron chi connectivity index (χ4n) is 4.17. The summed E-state index contributed by atoms with van der Waals surface area (Å²) in [5.74, 6) is -2.51. The van der Waals surface area contributed by atoms with Crippen LogP contribution in [0.1, 0.15) is 69.2 Å². The fourth-order valence-corrected chi connectivity index (χ4v) is 4.89. The summed E-state index contributed by atoms with van der Waals surface area (Å²) in [6.45, 7) is 3.10. The monoisotopic (exact) mass is 469 g/mol. The van der Waals surface area contributed by atoms with Gasteiger partial charge < -0.3 is 24.8 Å². The van der Waals surface area contributed by atoms with Crippen LogP contribution in [0.2, 0.25) is 0 Å². The van der Waals surface area contributed by atoms with Crippen molar-refractivity contribution in [2.24, 2.45) is 0 Å². The molecule has 0 bridgehead atoms. The summed E-state index contributed by atoms with van der Waals surface area (Å²) >= 11 is 1.40. The molecule has 3 aromatic rings. The first-order valence-corrected chi connectivity index (χ1v) is 11.2. The molecule has 1 aliphatic rings. The minimum atomic E-state index is -0.889. The van der Waals surface area contributed by atoms with Gasteiger partial charge in [0.1, 0.15) is 23.4 Å².